The second-order valence-electron chi connectivity index (χ2n) is 5.13. The van der Waals surface area contributed by atoms with Gasteiger partial charge < -0.3 is 10.2 Å². The molecule has 2 aromatic carbocycles. The van der Waals surface area contributed by atoms with Gasteiger partial charge in [-0.05, 0) is 41.0 Å². The molecule has 0 atom stereocenters. The maximum atomic E-state index is 11.6. The quantitative estimate of drug-likeness (QED) is 0.868. The number of carbonyl (C=O) groups is 2. The predicted molar refractivity (Wildman–Crippen MR) is 84.3 cm³/mol. The van der Waals surface area contributed by atoms with Crippen molar-refractivity contribution in [3.8, 4) is 11.1 Å². The molecule has 2 aromatic rings. The van der Waals surface area contributed by atoms with E-state index in [1.807, 2.05) is 0 Å². The first kappa shape index (κ1) is 16.7. The summed E-state index contributed by atoms with van der Waals surface area (Å²) < 4.78 is 23.2. The Morgan fingerprint density at radius 2 is 1.43 bits per heavy atom. The van der Waals surface area contributed by atoms with Crippen LogP contribution in [0.2, 0.25) is 0 Å². The van der Waals surface area contributed by atoms with Gasteiger partial charge in [0.05, 0.1) is 16.9 Å². The first-order chi connectivity index (χ1) is 10.7. The number of carboxylic acids is 2. The lowest BCUT2D eigenvalue weighted by Crippen LogP contribution is -2.05. The lowest BCUT2D eigenvalue weighted by atomic mass is 9.97. The number of aromatic carboxylic acids is 2. The number of benzene rings is 2. The average Bonchev–Trinajstić information content (AvgIpc) is 2.45. The van der Waals surface area contributed by atoms with Crippen molar-refractivity contribution < 1.29 is 28.2 Å². The molecule has 2 N–H and O–H groups in total. The van der Waals surface area contributed by atoms with Crippen LogP contribution in [0.25, 0.3) is 11.1 Å². The highest BCUT2D eigenvalue weighted by Crippen LogP contribution is 2.27. The Labute approximate surface area is 132 Å². The summed E-state index contributed by atoms with van der Waals surface area (Å²) in [6.45, 7) is 0. The van der Waals surface area contributed by atoms with Crippen LogP contribution in [-0.2, 0) is 15.6 Å². The third-order valence-corrected chi connectivity index (χ3v) is 4.05. The van der Waals surface area contributed by atoms with Crippen LogP contribution >= 0.6 is 0 Å². The summed E-state index contributed by atoms with van der Waals surface area (Å²) in [4.78, 5) is 21.9. The molecule has 2 rings (SSSR count). The van der Waals surface area contributed by atoms with Crippen molar-refractivity contribution in [2.24, 2.45) is 0 Å². The van der Waals surface area contributed by atoms with Gasteiger partial charge in [0.2, 0.25) is 0 Å². The van der Waals surface area contributed by atoms with E-state index in [4.69, 9.17) is 10.2 Å². The van der Waals surface area contributed by atoms with Gasteiger partial charge in [0.1, 0.15) is 0 Å². The third kappa shape index (κ3) is 4.17. The van der Waals surface area contributed by atoms with Gasteiger partial charge in [-0.1, -0.05) is 18.2 Å². The molecule has 7 heteroatoms. The zero-order valence-corrected chi connectivity index (χ0v) is 13.0. The Morgan fingerprint density at radius 3 is 1.91 bits per heavy atom. The Bertz CT molecular complexity index is 866. The Balaban J connectivity index is 2.56. The van der Waals surface area contributed by atoms with Gasteiger partial charge in [-0.15, -0.1) is 0 Å². The summed E-state index contributed by atoms with van der Waals surface area (Å²) in [5.74, 6) is -2.51. The molecule has 0 spiro atoms. The summed E-state index contributed by atoms with van der Waals surface area (Å²) in [5, 5.41) is 18.0. The fraction of sp³-hybridized carbons (Fsp3) is 0.125. The fourth-order valence-electron chi connectivity index (χ4n) is 2.20. The van der Waals surface area contributed by atoms with E-state index in [2.05, 4.69) is 0 Å². The van der Waals surface area contributed by atoms with Gasteiger partial charge in [-0.25, -0.2) is 18.0 Å². The molecule has 0 amide bonds. The molecule has 0 fully saturated rings. The number of rotatable bonds is 5. The van der Waals surface area contributed by atoms with Gasteiger partial charge in [-0.3, -0.25) is 0 Å². The van der Waals surface area contributed by atoms with Crippen LogP contribution in [-0.4, -0.2) is 36.8 Å². The normalized spacial score (nSPS) is 11.2. The lowest BCUT2D eigenvalue weighted by molar-refractivity contribution is 0.0686. The van der Waals surface area contributed by atoms with Crippen molar-refractivity contribution in [2.45, 2.75) is 5.75 Å². The molecular weight excluding hydrogens is 320 g/mol. The Morgan fingerprint density at radius 1 is 0.913 bits per heavy atom. The van der Waals surface area contributed by atoms with E-state index in [0.717, 1.165) is 6.26 Å². The SMILES string of the molecule is CS(=O)(=O)Cc1cc(C(=O)O)ccc1-c1ccc(C(=O)O)cc1. The molecule has 0 aromatic heterocycles. The van der Waals surface area contributed by atoms with Crippen LogP contribution in [0.5, 0.6) is 0 Å². The molecule has 6 nitrogen and oxygen atoms in total. The van der Waals surface area contributed by atoms with Crippen molar-refractivity contribution in [1.29, 1.82) is 0 Å². The molecule has 0 saturated heterocycles. The molecule has 0 aliphatic rings. The van der Waals surface area contributed by atoms with Gasteiger partial charge in [-0.2, -0.15) is 0 Å². The summed E-state index contributed by atoms with van der Waals surface area (Å²) >= 11 is 0. The minimum Gasteiger partial charge on any atom is -0.478 e. The average molecular weight is 334 g/mol. The molecule has 120 valence electrons. The highest BCUT2D eigenvalue weighted by Gasteiger charge is 2.14. The van der Waals surface area contributed by atoms with E-state index in [0.29, 0.717) is 16.7 Å². The van der Waals surface area contributed by atoms with E-state index in [1.54, 1.807) is 12.1 Å². The Hall–Kier alpha value is -2.67. The predicted octanol–water partition coefficient (Wildman–Crippen LogP) is 2.29. The van der Waals surface area contributed by atoms with Crippen LogP contribution in [0, 0.1) is 0 Å². The van der Waals surface area contributed by atoms with Crippen LogP contribution in [0.3, 0.4) is 0 Å². The zero-order chi connectivity index (χ0) is 17.2. The molecular formula is C16H14O6S. The van der Waals surface area contributed by atoms with Gasteiger partial charge in [0.25, 0.3) is 0 Å². The van der Waals surface area contributed by atoms with Gasteiger partial charge in [0, 0.05) is 6.26 Å². The van der Waals surface area contributed by atoms with E-state index in [-0.39, 0.29) is 16.9 Å². The highest BCUT2D eigenvalue weighted by atomic mass is 32.2. The summed E-state index contributed by atoms with van der Waals surface area (Å²) in [6, 6.07) is 10.2. The maximum absolute atomic E-state index is 11.6. The lowest BCUT2D eigenvalue weighted by Gasteiger charge is -2.11. The van der Waals surface area contributed by atoms with Gasteiger partial charge >= 0.3 is 11.9 Å². The summed E-state index contributed by atoms with van der Waals surface area (Å²) in [6.07, 6.45) is 1.07. The molecule has 0 saturated carbocycles. The van der Waals surface area contributed by atoms with Gasteiger partial charge in [0.15, 0.2) is 9.84 Å². The van der Waals surface area contributed by atoms with E-state index in [1.165, 1.54) is 30.3 Å². The standard InChI is InChI=1S/C16H14O6S/c1-23(21,22)9-13-8-12(16(19)20)6-7-14(13)10-2-4-11(5-3-10)15(17)18/h2-8H,9H2,1H3,(H,17,18)(H,19,20). The Kier molecular flexibility index (Phi) is 4.51. The molecule has 0 aliphatic carbocycles. The monoisotopic (exact) mass is 334 g/mol. The van der Waals surface area contributed by atoms with Crippen molar-refractivity contribution in [2.75, 3.05) is 6.26 Å². The minimum absolute atomic E-state index is 0.00504. The molecule has 0 bridgehead atoms. The molecule has 0 radical (unpaired) electrons. The fourth-order valence-corrected chi connectivity index (χ4v) is 3.01. The molecule has 23 heavy (non-hydrogen) atoms. The van der Waals surface area contributed by atoms with Crippen LogP contribution in [0.15, 0.2) is 42.5 Å². The molecule has 0 unspecified atom stereocenters. The van der Waals surface area contributed by atoms with E-state index >= 15 is 0 Å². The second kappa shape index (κ2) is 6.21. The maximum Gasteiger partial charge on any atom is 0.335 e. The van der Waals surface area contributed by atoms with Crippen molar-refractivity contribution in [3.05, 3.63) is 59.2 Å². The summed E-state index contributed by atoms with van der Waals surface area (Å²) in [7, 11) is -3.36. The molecule has 0 heterocycles. The topological polar surface area (TPSA) is 109 Å². The first-order valence-electron chi connectivity index (χ1n) is 6.55. The van der Waals surface area contributed by atoms with Crippen molar-refractivity contribution in [3.63, 3.8) is 0 Å². The second-order valence-corrected chi connectivity index (χ2v) is 7.27. The largest absolute Gasteiger partial charge is 0.478 e. The van der Waals surface area contributed by atoms with Crippen LogP contribution < -0.4 is 0 Å². The smallest absolute Gasteiger partial charge is 0.335 e. The number of sulfone groups is 1. The minimum atomic E-state index is -3.36. The first-order valence-corrected chi connectivity index (χ1v) is 8.61. The van der Waals surface area contributed by atoms with E-state index in [9.17, 15) is 18.0 Å². The van der Waals surface area contributed by atoms with Crippen LogP contribution in [0.4, 0.5) is 0 Å². The zero-order valence-electron chi connectivity index (χ0n) is 12.2. The number of carboxylic acid groups (broad SMARTS) is 2. The summed E-state index contributed by atoms with van der Waals surface area (Å²) in [5.41, 5.74) is 1.63. The third-order valence-electron chi connectivity index (χ3n) is 3.21. The molecule has 0 aliphatic heterocycles. The number of hydrogen-bond acceptors (Lipinski definition) is 4. The van der Waals surface area contributed by atoms with E-state index < -0.39 is 21.8 Å². The highest BCUT2D eigenvalue weighted by molar-refractivity contribution is 7.89. The van der Waals surface area contributed by atoms with Crippen molar-refractivity contribution in [1.82, 2.24) is 0 Å². The van der Waals surface area contributed by atoms with Crippen LogP contribution in [0.1, 0.15) is 26.3 Å². The van der Waals surface area contributed by atoms with Crippen molar-refractivity contribution >= 4 is 21.8 Å². The number of hydrogen-bond donors (Lipinski definition) is 2.